The lowest BCUT2D eigenvalue weighted by Gasteiger charge is -2.13. The van der Waals surface area contributed by atoms with Crippen molar-refractivity contribution in [2.75, 3.05) is 11.9 Å². The van der Waals surface area contributed by atoms with Gasteiger partial charge in [-0.15, -0.1) is 5.10 Å². The predicted octanol–water partition coefficient (Wildman–Crippen LogP) is 2.08. The van der Waals surface area contributed by atoms with Crippen LogP contribution in [0.25, 0.3) is 0 Å². The van der Waals surface area contributed by atoms with Gasteiger partial charge in [-0.1, -0.05) is 33.8 Å². The largest absolute Gasteiger partial charge is 0.350 e. The molecule has 4 nitrogen and oxygen atoms in total. The smallest absolute Gasteiger partial charge is 0.272 e. The van der Waals surface area contributed by atoms with Crippen LogP contribution in [0.2, 0.25) is 0 Å². The number of carbonyl (C=O) groups is 1. The first-order chi connectivity index (χ1) is 7.27. The van der Waals surface area contributed by atoms with Gasteiger partial charge in [0.05, 0.1) is 0 Å². The fourth-order valence-electron chi connectivity index (χ4n) is 1.20. The molecule has 1 rings (SSSR count). The first kappa shape index (κ1) is 12.6. The zero-order valence-corrected chi connectivity index (χ0v) is 11.0. The minimum atomic E-state index is -0.128. The van der Waals surface area contributed by atoms with Crippen molar-refractivity contribution in [3.8, 4) is 0 Å². The molecule has 15 heavy (non-hydrogen) atoms. The maximum atomic E-state index is 11.5. The van der Waals surface area contributed by atoms with Gasteiger partial charge in [0.15, 0.2) is 5.69 Å². The van der Waals surface area contributed by atoms with E-state index in [-0.39, 0.29) is 5.91 Å². The number of aromatic nitrogens is 2. The molecule has 0 radical (unpaired) electrons. The third kappa shape index (κ3) is 4.25. The van der Waals surface area contributed by atoms with Crippen molar-refractivity contribution in [2.45, 2.75) is 19.8 Å². The molecule has 0 bridgehead atoms. The Morgan fingerprint density at radius 2 is 2.53 bits per heavy atom. The third-order valence-electron chi connectivity index (χ3n) is 2.24. The Kier molecular flexibility index (Phi) is 5.78. The molecule has 1 atom stereocenters. The molecule has 1 N–H and O–H groups in total. The summed E-state index contributed by atoms with van der Waals surface area (Å²) in [5, 5.41) is 9.20. The first-order valence-corrected chi connectivity index (χ1v) is 6.85. The summed E-state index contributed by atoms with van der Waals surface area (Å²) >= 11 is 4.59. The molecule has 0 aromatic carbocycles. The van der Waals surface area contributed by atoms with E-state index in [1.54, 1.807) is 5.38 Å². The number of alkyl halides is 1. The summed E-state index contributed by atoms with van der Waals surface area (Å²) in [7, 11) is 0. The number of nitrogens with one attached hydrogen (secondary N) is 1. The van der Waals surface area contributed by atoms with Crippen LogP contribution in [0.15, 0.2) is 5.38 Å². The molecule has 0 aliphatic heterocycles. The molecule has 1 aromatic heterocycles. The van der Waals surface area contributed by atoms with E-state index in [0.29, 0.717) is 18.2 Å². The predicted molar refractivity (Wildman–Crippen MR) is 64.4 cm³/mol. The lowest BCUT2D eigenvalue weighted by molar-refractivity contribution is 0.0941. The molecule has 6 heteroatoms. The molecule has 1 amide bonds. The van der Waals surface area contributed by atoms with Crippen LogP contribution in [0.1, 0.15) is 30.3 Å². The zero-order valence-electron chi connectivity index (χ0n) is 8.57. The Morgan fingerprint density at radius 3 is 3.07 bits per heavy atom. The SMILES string of the molecule is CCC(CCBr)CNC(=O)c1csnn1. The Balaban J connectivity index is 2.33. The second-order valence-electron chi connectivity index (χ2n) is 3.25. The molecule has 0 fully saturated rings. The maximum Gasteiger partial charge on any atom is 0.272 e. The summed E-state index contributed by atoms with van der Waals surface area (Å²) in [5.74, 6) is 0.400. The number of hydrogen-bond donors (Lipinski definition) is 1. The normalized spacial score (nSPS) is 12.4. The van der Waals surface area contributed by atoms with Crippen LogP contribution in [-0.4, -0.2) is 27.4 Å². The van der Waals surface area contributed by atoms with E-state index in [4.69, 9.17) is 0 Å². The van der Waals surface area contributed by atoms with E-state index < -0.39 is 0 Å². The third-order valence-corrected chi connectivity index (χ3v) is 3.20. The quantitative estimate of drug-likeness (QED) is 0.817. The van der Waals surface area contributed by atoms with Crippen LogP contribution in [0.5, 0.6) is 0 Å². The fourth-order valence-corrected chi connectivity index (χ4v) is 2.28. The highest BCUT2D eigenvalue weighted by Crippen LogP contribution is 2.08. The minimum Gasteiger partial charge on any atom is -0.350 e. The summed E-state index contributed by atoms with van der Waals surface area (Å²) in [5.41, 5.74) is 0.411. The van der Waals surface area contributed by atoms with Crippen molar-refractivity contribution in [1.82, 2.24) is 14.9 Å². The van der Waals surface area contributed by atoms with Gasteiger partial charge < -0.3 is 5.32 Å². The van der Waals surface area contributed by atoms with Gasteiger partial charge in [-0.05, 0) is 23.9 Å². The average Bonchev–Trinajstić information content (AvgIpc) is 2.77. The molecular weight excluding hydrogens is 278 g/mol. The van der Waals surface area contributed by atoms with Crippen molar-refractivity contribution >= 4 is 33.4 Å². The molecule has 0 aliphatic rings. The molecule has 0 spiro atoms. The zero-order chi connectivity index (χ0) is 11.1. The van der Waals surface area contributed by atoms with Gasteiger partial charge in [-0.25, -0.2) is 0 Å². The highest BCUT2D eigenvalue weighted by atomic mass is 79.9. The summed E-state index contributed by atoms with van der Waals surface area (Å²) in [4.78, 5) is 11.5. The second kappa shape index (κ2) is 6.90. The first-order valence-electron chi connectivity index (χ1n) is 4.89. The van der Waals surface area contributed by atoms with Crippen molar-refractivity contribution in [3.05, 3.63) is 11.1 Å². The van der Waals surface area contributed by atoms with Gasteiger partial charge in [0.1, 0.15) is 0 Å². The highest BCUT2D eigenvalue weighted by Gasteiger charge is 2.11. The number of amides is 1. The lowest BCUT2D eigenvalue weighted by Crippen LogP contribution is -2.29. The highest BCUT2D eigenvalue weighted by molar-refractivity contribution is 9.09. The number of carbonyl (C=O) groups excluding carboxylic acids is 1. The van der Waals surface area contributed by atoms with E-state index in [1.807, 2.05) is 0 Å². The monoisotopic (exact) mass is 291 g/mol. The molecule has 0 aliphatic carbocycles. The van der Waals surface area contributed by atoms with Gasteiger partial charge in [0, 0.05) is 17.3 Å². The Labute approximate surface area is 102 Å². The molecule has 1 heterocycles. The van der Waals surface area contributed by atoms with Crippen LogP contribution in [0, 0.1) is 5.92 Å². The van der Waals surface area contributed by atoms with Gasteiger partial charge in [0.25, 0.3) is 5.91 Å². The molecule has 1 aromatic rings. The molecule has 0 saturated carbocycles. The minimum absolute atomic E-state index is 0.128. The van der Waals surface area contributed by atoms with E-state index in [2.05, 4.69) is 37.8 Å². The van der Waals surface area contributed by atoms with E-state index in [0.717, 1.165) is 18.2 Å². The van der Waals surface area contributed by atoms with Gasteiger partial charge in [-0.3, -0.25) is 4.79 Å². The number of nitrogens with zero attached hydrogens (tertiary/aromatic N) is 2. The van der Waals surface area contributed by atoms with E-state index >= 15 is 0 Å². The topological polar surface area (TPSA) is 54.9 Å². The summed E-state index contributed by atoms with van der Waals surface area (Å²) in [6, 6.07) is 0. The van der Waals surface area contributed by atoms with Crippen LogP contribution >= 0.6 is 27.5 Å². The van der Waals surface area contributed by atoms with Crippen LogP contribution in [0.4, 0.5) is 0 Å². The number of hydrogen-bond acceptors (Lipinski definition) is 4. The summed E-state index contributed by atoms with van der Waals surface area (Å²) in [6.45, 7) is 2.84. The van der Waals surface area contributed by atoms with Gasteiger partial charge >= 0.3 is 0 Å². The van der Waals surface area contributed by atoms with Crippen LogP contribution in [-0.2, 0) is 0 Å². The Hall–Kier alpha value is -0.490. The van der Waals surface area contributed by atoms with Crippen molar-refractivity contribution in [3.63, 3.8) is 0 Å². The second-order valence-corrected chi connectivity index (χ2v) is 4.65. The number of halogens is 1. The standard InChI is InChI=1S/C9H14BrN3OS/c1-2-7(3-4-10)5-11-9(14)8-6-15-13-12-8/h6-7H,2-5H2,1H3,(H,11,14). The lowest BCUT2D eigenvalue weighted by atomic mass is 10.0. The van der Waals surface area contributed by atoms with Crippen molar-refractivity contribution in [2.24, 2.45) is 5.92 Å². The molecular formula is C9H14BrN3OS. The van der Waals surface area contributed by atoms with Crippen molar-refractivity contribution in [1.29, 1.82) is 0 Å². The van der Waals surface area contributed by atoms with E-state index in [9.17, 15) is 4.79 Å². The summed E-state index contributed by atoms with van der Waals surface area (Å²) < 4.78 is 3.65. The van der Waals surface area contributed by atoms with Crippen molar-refractivity contribution < 1.29 is 4.79 Å². The number of rotatable bonds is 6. The van der Waals surface area contributed by atoms with Gasteiger partial charge in [0.2, 0.25) is 0 Å². The van der Waals surface area contributed by atoms with Crippen LogP contribution < -0.4 is 5.32 Å². The Bertz CT molecular complexity index is 292. The fraction of sp³-hybridized carbons (Fsp3) is 0.667. The Morgan fingerprint density at radius 1 is 1.73 bits per heavy atom. The average molecular weight is 292 g/mol. The molecule has 0 saturated heterocycles. The molecule has 1 unspecified atom stereocenters. The van der Waals surface area contributed by atoms with Crippen LogP contribution in [0.3, 0.4) is 0 Å². The van der Waals surface area contributed by atoms with Gasteiger partial charge in [-0.2, -0.15) is 0 Å². The van der Waals surface area contributed by atoms with E-state index in [1.165, 1.54) is 11.5 Å². The summed E-state index contributed by atoms with van der Waals surface area (Å²) in [6.07, 6.45) is 2.15. The maximum absolute atomic E-state index is 11.5. The molecule has 84 valence electrons.